The minimum absolute atomic E-state index is 0.143. The van der Waals surface area contributed by atoms with Gasteiger partial charge in [0.1, 0.15) is 0 Å². The molecule has 2 amide bonds. The van der Waals surface area contributed by atoms with Crippen molar-refractivity contribution in [3.63, 3.8) is 0 Å². The fourth-order valence-electron chi connectivity index (χ4n) is 2.13. The number of urea groups is 1. The van der Waals surface area contributed by atoms with Crippen LogP contribution in [0.2, 0.25) is 0 Å². The van der Waals surface area contributed by atoms with E-state index in [2.05, 4.69) is 22.6 Å². The molecule has 1 aliphatic heterocycles. The van der Waals surface area contributed by atoms with E-state index in [1.54, 1.807) is 0 Å². The highest BCUT2D eigenvalue weighted by molar-refractivity contribution is 5.89. The van der Waals surface area contributed by atoms with Crippen molar-refractivity contribution in [2.24, 2.45) is 5.73 Å². The average molecular weight is 248 g/mol. The van der Waals surface area contributed by atoms with Crippen LogP contribution in [0, 0.1) is 0 Å². The number of amides is 2. The van der Waals surface area contributed by atoms with Crippen molar-refractivity contribution in [3.05, 3.63) is 29.8 Å². The molecule has 0 bridgehead atoms. The lowest BCUT2D eigenvalue weighted by atomic mass is 10.2. The summed E-state index contributed by atoms with van der Waals surface area (Å²) in [5, 5.41) is 5.80. The van der Waals surface area contributed by atoms with Gasteiger partial charge in [0.15, 0.2) is 0 Å². The number of hydrogen-bond donors (Lipinski definition) is 3. The molecule has 1 atom stereocenters. The van der Waals surface area contributed by atoms with Crippen molar-refractivity contribution in [1.82, 2.24) is 10.2 Å². The summed E-state index contributed by atoms with van der Waals surface area (Å²) in [5.41, 5.74) is 7.36. The summed E-state index contributed by atoms with van der Waals surface area (Å²) in [4.78, 5) is 14.0. The summed E-state index contributed by atoms with van der Waals surface area (Å²) >= 11 is 0. The van der Waals surface area contributed by atoms with Crippen LogP contribution in [0.4, 0.5) is 10.5 Å². The molecule has 0 saturated carbocycles. The fourth-order valence-corrected chi connectivity index (χ4v) is 2.13. The molecule has 1 saturated heterocycles. The van der Waals surface area contributed by atoms with E-state index in [9.17, 15) is 4.79 Å². The first-order chi connectivity index (χ1) is 8.67. The molecule has 4 N–H and O–H groups in total. The maximum Gasteiger partial charge on any atom is 0.319 e. The van der Waals surface area contributed by atoms with Gasteiger partial charge in [-0.25, -0.2) is 4.79 Å². The van der Waals surface area contributed by atoms with E-state index < -0.39 is 0 Å². The van der Waals surface area contributed by atoms with E-state index in [0.717, 1.165) is 30.8 Å². The van der Waals surface area contributed by atoms with Crippen molar-refractivity contribution in [1.29, 1.82) is 0 Å². The van der Waals surface area contributed by atoms with Gasteiger partial charge < -0.3 is 21.3 Å². The lowest BCUT2D eigenvalue weighted by molar-refractivity contribution is 0.248. The Morgan fingerprint density at radius 1 is 1.44 bits per heavy atom. The van der Waals surface area contributed by atoms with Crippen molar-refractivity contribution >= 4 is 11.7 Å². The molecule has 0 aliphatic carbocycles. The maximum atomic E-state index is 11.8. The zero-order valence-electron chi connectivity index (χ0n) is 10.6. The number of nitrogens with one attached hydrogen (secondary N) is 2. The molecule has 5 heteroatoms. The second-order valence-corrected chi connectivity index (χ2v) is 4.75. The Bertz CT molecular complexity index is 404. The molecular weight excluding hydrogens is 228 g/mol. The van der Waals surface area contributed by atoms with Gasteiger partial charge in [-0.3, -0.25) is 0 Å². The Labute approximate surface area is 107 Å². The number of nitrogens with zero attached hydrogens (tertiary/aromatic N) is 1. The third-order valence-corrected chi connectivity index (χ3v) is 3.17. The number of hydrogen-bond acceptors (Lipinski definition) is 3. The first kappa shape index (κ1) is 12.9. The zero-order chi connectivity index (χ0) is 13.0. The van der Waals surface area contributed by atoms with Crippen molar-refractivity contribution < 1.29 is 4.79 Å². The average Bonchev–Trinajstić information content (AvgIpc) is 2.75. The highest BCUT2D eigenvalue weighted by Gasteiger charge is 2.20. The van der Waals surface area contributed by atoms with Crippen LogP contribution in [0.15, 0.2) is 24.3 Å². The highest BCUT2D eigenvalue weighted by atomic mass is 16.2. The van der Waals surface area contributed by atoms with Crippen LogP contribution in [0.3, 0.4) is 0 Å². The van der Waals surface area contributed by atoms with E-state index >= 15 is 0 Å². The van der Waals surface area contributed by atoms with Crippen molar-refractivity contribution in [2.45, 2.75) is 19.0 Å². The van der Waals surface area contributed by atoms with Crippen LogP contribution < -0.4 is 16.4 Å². The molecule has 5 nitrogen and oxygen atoms in total. The summed E-state index contributed by atoms with van der Waals surface area (Å²) < 4.78 is 0. The molecule has 2 rings (SSSR count). The van der Waals surface area contributed by atoms with Gasteiger partial charge >= 0.3 is 6.03 Å². The van der Waals surface area contributed by atoms with Gasteiger partial charge in [0, 0.05) is 24.8 Å². The van der Waals surface area contributed by atoms with Gasteiger partial charge in [0.25, 0.3) is 0 Å². The second kappa shape index (κ2) is 5.84. The van der Waals surface area contributed by atoms with E-state index in [4.69, 9.17) is 5.73 Å². The topological polar surface area (TPSA) is 70.4 Å². The normalized spacial score (nSPS) is 19.8. The highest BCUT2D eigenvalue weighted by Crippen LogP contribution is 2.10. The molecule has 0 radical (unpaired) electrons. The quantitative estimate of drug-likeness (QED) is 0.746. The Morgan fingerprint density at radius 2 is 2.17 bits per heavy atom. The van der Waals surface area contributed by atoms with Crippen LogP contribution in [-0.2, 0) is 6.54 Å². The number of benzene rings is 1. The number of anilines is 1. The predicted octanol–water partition coefficient (Wildman–Crippen LogP) is 0.971. The summed E-state index contributed by atoms with van der Waals surface area (Å²) in [6.45, 7) is 2.47. The SMILES string of the molecule is CN1CCC(NC(=O)Nc2ccc(CN)cc2)C1. The van der Waals surface area contributed by atoms with Crippen molar-refractivity contribution in [3.8, 4) is 0 Å². The molecule has 0 spiro atoms. The molecule has 98 valence electrons. The summed E-state index contributed by atoms with van der Waals surface area (Å²) in [7, 11) is 2.06. The number of rotatable bonds is 3. The molecule has 1 fully saturated rings. The summed E-state index contributed by atoms with van der Waals surface area (Å²) in [6.07, 6.45) is 1.01. The molecule has 1 heterocycles. The number of carbonyl (C=O) groups excluding carboxylic acids is 1. The third-order valence-electron chi connectivity index (χ3n) is 3.17. The third kappa shape index (κ3) is 3.45. The van der Waals surface area contributed by atoms with Gasteiger partial charge in [-0.2, -0.15) is 0 Å². The molecule has 1 aromatic carbocycles. The standard InChI is InChI=1S/C13H20N4O/c1-17-7-6-12(9-17)16-13(18)15-11-4-2-10(8-14)3-5-11/h2-5,12H,6-9,14H2,1H3,(H2,15,16,18). The van der Waals surface area contributed by atoms with Crippen LogP contribution in [0.1, 0.15) is 12.0 Å². The number of nitrogens with two attached hydrogens (primary N) is 1. The number of likely N-dealkylation sites (N-methyl/N-ethyl adjacent to an activating group) is 1. The van der Waals surface area contributed by atoms with Gasteiger partial charge in [-0.1, -0.05) is 12.1 Å². The van der Waals surface area contributed by atoms with Crippen LogP contribution in [0.25, 0.3) is 0 Å². The van der Waals surface area contributed by atoms with Gasteiger partial charge in [0.05, 0.1) is 0 Å². The number of carbonyl (C=O) groups is 1. The number of likely N-dealkylation sites (tertiary alicyclic amines) is 1. The Hall–Kier alpha value is -1.59. The maximum absolute atomic E-state index is 11.8. The summed E-state index contributed by atoms with van der Waals surface area (Å²) in [5.74, 6) is 0. The minimum Gasteiger partial charge on any atom is -0.334 e. The van der Waals surface area contributed by atoms with Gasteiger partial charge in [-0.05, 0) is 37.7 Å². The van der Waals surface area contributed by atoms with Gasteiger partial charge in [0.2, 0.25) is 0 Å². The van der Waals surface area contributed by atoms with Crippen LogP contribution >= 0.6 is 0 Å². The minimum atomic E-state index is -0.143. The lowest BCUT2D eigenvalue weighted by Crippen LogP contribution is -2.39. The molecule has 1 unspecified atom stereocenters. The molecule has 1 aromatic rings. The monoisotopic (exact) mass is 248 g/mol. The second-order valence-electron chi connectivity index (χ2n) is 4.75. The molecular formula is C13H20N4O. The first-order valence-electron chi connectivity index (χ1n) is 6.22. The van der Waals surface area contributed by atoms with E-state index in [0.29, 0.717) is 6.54 Å². The van der Waals surface area contributed by atoms with E-state index in [-0.39, 0.29) is 12.1 Å². The molecule has 1 aliphatic rings. The molecule has 18 heavy (non-hydrogen) atoms. The molecule has 0 aromatic heterocycles. The Morgan fingerprint density at radius 3 is 2.72 bits per heavy atom. The Balaban J connectivity index is 1.83. The van der Waals surface area contributed by atoms with E-state index in [1.165, 1.54) is 0 Å². The van der Waals surface area contributed by atoms with Gasteiger partial charge in [-0.15, -0.1) is 0 Å². The largest absolute Gasteiger partial charge is 0.334 e. The van der Waals surface area contributed by atoms with Crippen molar-refractivity contribution in [2.75, 3.05) is 25.5 Å². The Kier molecular flexibility index (Phi) is 4.17. The van der Waals surface area contributed by atoms with Crippen LogP contribution in [-0.4, -0.2) is 37.1 Å². The van der Waals surface area contributed by atoms with E-state index in [1.807, 2.05) is 24.3 Å². The first-order valence-corrected chi connectivity index (χ1v) is 6.22. The zero-order valence-corrected chi connectivity index (χ0v) is 10.6. The smallest absolute Gasteiger partial charge is 0.319 e. The van der Waals surface area contributed by atoms with Crippen LogP contribution in [0.5, 0.6) is 0 Å². The summed E-state index contributed by atoms with van der Waals surface area (Å²) in [6, 6.07) is 7.66. The predicted molar refractivity (Wildman–Crippen MR) is 72.4 cm³/mol. The lowest BCUT2D eigenvalue weighted by Gasteiger charge is -2.13. The fraction of sp³-hybridized carbons (Fsp3) is 0.462.